The van der Waals surface area contributed by atoms with Crippen LogP contribution in [0.4, 0.5) is 11.4 Å². The van der Waals surface area contributed by atoms with Gasteiger partial charge in [0.15, 0.2) is 0 Å². The van der Waals surface area contributed by atoms with Crippen LogP contribution in [0.15, 0.2) is 97.3 Å². The number of aliphatic hydroxyl groups excluding tert-OH is 1. The zero-order valence-corrected chi connectivity index (χ0v) is 23.0. The highest BCUT2D eigenvalue weighted by Gasteiger charge is 2.21. The van der Waals surface area contributed by atoms with E-state index in [1.807, 2.05) is 72.8 Å². The van der Waals surface area contributed by atoms with Gasteiger partial charge >= 0.3 is 0 Å². The lowest BCUT2D eigenvalue weighted by Crippen LogP contribution is -2.29. The summed E-state index contributed by atoms with van der Waals surface area (Å²) in [4.78, 5) is 34.1. The summed E-state index contributed by atoms with van der Waals surface area (Å²) >= 11 is 0. The smallest absolute Gasteiger partial charge is 0.274 e. The van der Waals surface area contributed by atoms with E-state index in [4.69, 9.17) is 10.7 Å². The highest BCUT2D eigenvalue weighted by atomic mass is 16.3. The third kappa shape index (κ3) is 5.70. The molecule has 0 saturated heterocycles. The third-order valence-electron chi connectivity index (χ3n) is 7.76. The average molecular weight is 558 g/mol. The monoisotopic (exact) mass is 557 g/mol. The Morgan fingerprint density at radius 3 is 2.33 bits per heavy atom. The molecule has 8 nitrogen and oxygen atoms in total. The van der Waals surface area contributed by atoms with Gasteiger partial charge in [-0.05, 0) is 73.0 Å². The zero-order valence-electron chi connectivity index (χ0n) is 23.0. The second kappa shape index (κ2) is 11.8. The number of benzene rings is 3. The molecular formula is C34H31N5O3. The Hall–Kier alpha value is -5.08. The molecule has 0 radical (unpaired) electrons. The molecule has 8 heteroatoms. The number of carbonyl (C=O) groups is 2. The number of carbonyl (C=O) groups excluding carboxylic acids is 2. The van der Waals surface area contributed by atoms with Gasteiger partial charge in [-0.15, -0.1) is 0 Å². The van der Waals surface area contributed by atoms with Crippen molar-refractivity contribution in [2.75, 3.05) is 10.6 Å². The fourth-order valence-corrected chi connectivity index (χ4v) is 5.56. The van der Waals surface area contributed by atoms with Crippen molar-refractivity contribution in [2.24, 2.45) is 5.73 Å². The number of aliphatic hydroxyl groups is 1. The van der Waals surface area contributed by atoms with E-state index in [0.717, 1.165) is 58.8 Å². The van der Waals surface area contributed by atoms with Gasteiger partial charge in [0.2, 0.25) is 0 Å². The van der Waals surface area contributed by atoms with Crippen molar-refractivity contribution in [1.82, 2.24) is 9.97 Å². The SMILES string of the molecule is NC(=O)c1ccc(-c2nccc3c(-c4ccc(C(=O)Nc5ccccc5)nc4)cccc23)cc1NC1CCC(O)CC1. The van der Waals surface area contributed by atoms with E-state index in [2.05, 4.69) is 15.6 Å². The van der Waals surface area contributed by atoms with E-state index in [9.17, 15) is 14.7 Å². The van der Waals surface area contributed by atoms with Crippen LogP contribution in [0.2, 0.25) is 0 Å². The van der Waals surface area contributed by atoms with Gasteiger partial charge in [0, 0.05) is 46.3 Å². The van der Waals surface area contributed by atoms with Gasteiger partial charge in [-0.3, -0.25) is 19.6 Å². The van der Waals surface area contributed by atoms with E-state index in [1.165, 1.54) is 0 Å². The van der Waals surface area contributed by atoms with Crippen molar-refractivity contribution in [3.63, 3.8) is 0 Å². The Morgan fingerprint density at radius 2 is 1.60 bits per heavy atom. The van der Waals surface area contributed by atoms with Crippen LogP contribution in [-0.2, 0) is 0 Å². The topological polar surface area (TPSA) is 130 Å². The number of nitrogens with zero attached hydrogens (tertiary/aromatic N) is 2. The molecule has 210 valence electrons. The minimum atomic E-state index is -0.499. The quantitative estimate of drug-likeness (QED) is 0.193. The van der Waals surface area contributed by atoms with Crippen molar-refractivity contribution >= 4 is 34.0 Å². The summed E-state index contributed by atoms with van der Waals surface area (Å²) in [5.74, 6) is -0.771. The summed E-state index contributed by atoms with van der Waals surface area (Å²) in [7, 11) is 0. The van der Waals surface area contributed by atoms with E-state index in [1.54, 1.807) is 24.5 Å². The molecule has 1 aliphatic rings. The molecule has 2 amide bonds. The zero-order chi connectivity index (χ0) is 29.1. The molecule has 0 aliphatic heterocycles. The number of para-hydroxylation sites is 1. The Balaban J connectivity index is 1.31. The van der Waals surface area contributed by atoms with Gasteiger partial charge in [0.05, 0.1) is 17.4 Å². The van der Waals surface area contributed by atoms with Gasteiger partial charge in [-0.1, -0.05) is 48.5 Å². The second-order valence-corrected chi connectivity index (χ2v) is 10.6. The first-order valence-electron chi connectivity index (χ1n) is 14.1. The Bertz CT molecular complexity index is 1750. The van der Waals surface area contributed by atoms with Crippen LogP contribution in [0.5, 0.6) is 0 Å². The first kappa shape index (κ1) is 27.1. The fourth-order valence-electron chi connectivity index (χ4n) is 5.56. The molecule has 6 rings (SSSR count). The number of nitrogens with two attached hydrogens (primary N) is 1. The molecule has 1 aliphatic carbocycles. The maximum absolute atomic E-state index is 12.7. The molecule has 1 fully saturated rings. The Morgan fingerprint density at radius 1 is 0.810 bits per heavy atom. The number of pyridine rings is 2. The standard InChI is InChI=1S/C34H31N5O3/c35-33(41)29-15-9-21(19-31(29)38-24-11-13-25(40)14-12-24)32-28-8-4-7-26(27(28)17-18-36-32)22-10-16-30(37-20-22)34(42)39-23-5-2-1-3-6-23/h1-10,15-20,24-25,38,40H,11-14H2,(H2,35,41)(H,39,42). The molecule has 2 aromatic heterocycles. The lowest BCUT2D eigenvalue weighted by Gasteiger charge is -2.28. The second-order valence-electron chi connectivity index (χ2n) is 10.6. The fraction of sp³-hybridized carbons (Fsp3) is 0.176. The molecule has 3 aromatic carbocycles. The minimum absolute atomic E-state index is 0.152. The largest absolute Gasteiger partial charge is 0.393 e. The molecule has 0 atom stereocenters. The number of hydrogen-bond donors (Lipinski definition) is 4. The van der Waals surface area contributed by atoms with Crippen molar-refractivity contribution in [2.45, 2.75) is 37.8 Å². The van der Waals surface area contributed by atoms with Gasteiger partial charge in [-0.25, -0.2) is 0 Å². The third-order valence-corrected chi connectivity index (χ3v) is 7.76. The molecule has 42 heavy (non-hydrogen) atoms. The predicted octanol–water partition coefficient (Wildman–Crippen LogP) is 6.03. The summed E-state index contributed by atoms with van der Waals surface area (Å²) < 4.78 is 0. The van der Waals surface area contributed by atoms with Gasteiger partial charge in [0.25, 0.3) is 11.8 Å². The molecular weight excluding hydrogens is 526 g/mol. The van der Waals surface area contributed by atoms with Crippen LogP contribution < -0.4 is 16.4 Å². The number of anilines is 2. The molecule has 2 heterocycles. The number of hydrogen-bond acceptors (Lipinski definition) is 6. The van der Waals surface area contributed by atoms with Crippen LogP contribution in [0.25, 0.3) is 33.2 Å². The average Bonchev–Trinajstić information content (AvgIpc) is 3.02. The van der Waals surface area contributed by atoms with Crippen molar-refractivity contribution < 1.29 is 14.7 Å². The number of primary amides is 1. The molecule has 0 spiro atoms. The molecule has 0 unspecified atom stereocenters. The van der Waals surface area contributed by atoms with E-state index < -0.39 is 5.91 Å². The summed E-state index contributed by atoms with van der Waals surface area (Å²) in [6, 6.07) is 26.6. The normalized spacial score (nSPS) is 16.6. The predicted molar refractivity (Wildman–Crippen MR) is 165 cm³/mol. The van der Waals surface area contributed by atoms with Crippen LogP contribution in [0, 0.1) is 0 Å². The molecule has 5 aromatic rings. The van der Waals surface area contributed by atoms with E-state index in [-0.39, 0.29) is 18.1 Å². The number of amides is 2. The maximum atomic E-state index is 12.7. The van der Waals surface area contributed by atoms with E-state index in [0.29, 0.717) is 22.6 Å². The highest BCUT2D eigenvalue weighted by molar-refractivity contribution is 6.05. The van der Waals surface area contributed by atoms with Crippen LogP contribution in [0.1, 0.15) is 46.5 Å². The summed E-state index contributed by atoms with van der Waals surface area (Å²) in [5.41, 5.74) is 11.3. The van der Waals surface area contributed by atoms with E-state index >= 15 is 0 Å². The van der Waals surface area contributed by atoms with Crippen LogP contribution in [0.3, 0.4) is 0 Å². The number of aromatic nitrogens is 2. The number of rotatable bonds is 7. The van der Waals surface area contributed by atoms with Crippen molar-refractivity contribution in [3.8, 4) is 22.4 Å². The Kier molecular flexibility index (Phi) is 7.62. The first-order chi connectivity index (χ1) is 20.5. The molecule has 0 bridgehead atoms. The van der Waals surface area contributed by atoms with Crippen molar-refractivity contribution in [1.29, 1.82) is 0 Å². The minimum Gasteiger partial charge on any atom is -0.393 e. The highest BCUT2D eigenvalue weighted by Crippen LogP contribution is 2.35. The molecule has 1 saturated carbocycles. The lowest BCUT2D eigenvalue weighted by molar-refractivity contribution is 0.0997. The van der Waals surface area contributed by atoms with Crippen LogP contribution >= 0.6 is 0 Å². The number of nitrogens with one attached hydrogen (secondary N) is 2. The summed E-state index contributed by atoms with van der Waals surface area (Å²) in [6.45, 7) is 0. The number of fused-ring (bicyclic) bond motifs is 1. The maximum Gasteiger partial charge on any atom is 0.274 e. The van der Waals surface area contributed by atoms with Gasteiger partial charge in [0.1, 0.15) is 5.69 Å². The lowest BCUT2D eigenvalue weighted by atomic mass is 9.92. The van der Waals surface area contributed by atoms with Gasteiger partial charge < -0.3 is 21.5 Å². The Labute approximate surface area is 243 Å². The summed E-state index contributed by atoms with van der Waals surface area (Å²) in [6.07, 6.45) is 6.31. The van der Waals surface area contributed by atoms with Crippen molar-refractivity contribution in [3.05, 3.63) is 109 Å². The van der Waals surface area contributed by atoms with Gasteiger partial charge in [-0.2, -0.15) is 0 Å². The summed E-state index contributed by atoms with van der Waals surface area (Å²) in [5, 5.41) is 18.2. The van der Waals surface area contributed by atoms with Crippen LogP contribution in [-0.4, -0.2) is 39.0 Å². The molecule has 5 N–H and O–H groups in total. The first-order valence-corrected chi connectivity index (χ1v) is 14.1.